The predicted octanol–water partition coefficient (Wildman–Crippen LogP) is 2.20. The maximum atomic E-state index is 3.97. The number of nitrogens with one attached hydrogen (secondary N) is 1. The average Bonchev–Trinajstić information content (AvgIpc) is 2.15. The first-order chi connectivity index (χ1) is 5.84. The van der Waals surface area contributed by atoms with Crippen molar-refractivity contribution < 1.29 is 0 Å². The van der Waals surface area contributed by atoms with Gasteiger partial charge in [-0.15, -0.1) is 0 Å². The van der Waals surface area contributed by atoms with Crippen LogP contribution in [0.5, 0.6) is 0 Å². The Hall–Kier alpha value is -1.08. The highest BCUT2D eigenvalue weighted by Gasteiger charge is 2.07. The maximum Gasteiger partial charge on any atom is 0.0500 e. The molecule has 12 heavy (non-hydrogen) atoms. The average molecular weight is 161 g/mol. The molecule has 0 aromatic heterocycles. The molecule has 0 fully saturated rings. The molecule has 1 rings (SSSR count). The van der Waals surface area contributed by atoms with Crippen molar-refractivity contribution in [1.29, 1.82) is 0 Å². The molecule has 0 aliphatic carbocycles. The minimum absolute atomic E-state index is 0.315. The van der Waals surface area contributed by atoms with Gasteiger partial charge < -0.3 is 5.32 Å². The number of hydrogen-bond acceptors (Lipinski definition) is 1. The first-order valence-corrected chi connectivity index (χ1v) is 4.22. The fourth-order valence-corrected chi connectivity index (χ4v) is 1.17. The monoisotopic (exact) mass is 161 g/mol. The van der Waals surface area contributed by atoms with Crippen LogP contribution in [-0.4, -0.2) is 12.6 Å². The van der Waals surface area contributed by atoms with Gasteiger partial charge in [-0.25, -0.2) is 0 Å². The summed E-state index contributed by atoms with van der Waals surface area (Å²) in [6, 6.07) is 0.315. The highest BCUT2D eigenvalue weighted by atomic mass is 14.9. The Morgan fingerprint density at radius 1 is 1.58 bits per heavy atom. The standard InChI is InChI=1S/C11H15N/c1-3-4-7-10(2)11-8-5-6-9-12-11/h3-5,7-8,11-12H,1-2,6,9H2/b7-4-. The molecule has 0 bridgehead atoms. The molecule has 1 N–H and O–H groups in total. The van der Waals surface area contributed by atoms with Gasteiger partial charge in [0, 0.05) is 0 Å². The van der Waals surface area contributed by atoms with Gasteiger partial charge in [0.2, 0.25) is 0 Å². The molecule has 1 unspecified atom stereocenters. The van der Waals surface area contributed by atoms with Crippen LogP contribution < -0.4 is 5.32 Å². The van der Waals surface area contributed by atoms with E-state index in [1.54, 1.807) is 6.08 Å². The Morgan fingerprint density at radius 2 is 2.42 bits per heavy atom. The third-order valence-corrected chi connectivity index (χ3v) is 1.85. The van der Waals surface area contributed by atoms with Gasteiger partial charge in [0.1, 0.15) is 0 Å². The second-order valence-electron chi connectivity index (χ2n) is 2.82. The lowest BCUT2D eigenvalue weighted by molar-refractivity contribution is 0.638. The zero-order chi connectivity index (χ0) is 8.81. The molecule has 1 nitrogen and oxygen atoms in total. The highest BCUT2D eigenvalue weighted by Crippen LogP contribution is 2.07. The summed E-state index contributed by atoms with van der Waals surface area (Å²) >= 11 is 0. The Kier molecular flexibility index (Phi) is 3.55. The van der Waals surface area contributed by atoms with E-state index in [4.69, 9.17) is 0 Å². The van der Waals surface area contributed by atoms with E-state index in [1.807, 2.05) is 12.2 Å². The van der Waals surface area contributed by atoms with Crippen molar-refractivity contribution in [3.63, 3.8) is 0 Å². The molecule has 0 spiro atoms. The summed E-state index contributed by atoms with van der Waals surface area (Å²) in [6.45, 7) is 8.62. The van der Waals surface area contributed by atoms with Crippen molar-refractivity contribution >= 4 is 0 Å². The van der Waals surface area contributed by atoms with Crippen molar-refractivity contribution in [2.45, 2.75) is 12.5 Å². The topological polar surface area (TPSA) is 12.0 Å². The second-order valence-corrected chi connectivity index (χ2v) is 2.82. The first-order valence-electron chi connectivity index (χ1n) is 4.22. The van der Waals surface area contributed by atoms with Gasteiger partial charge in [-0.3, -0.25) is 0 Å². The van der Waals surface area contributed by atoms with Crippen LogP contribution in [0.2, 0.25) is 0 Å². The van der Waals surface area contributed by atoms with Crippen molar-refractivity contribution in [3.05, 3.63) is 49.1 Å². The molecule has 0 saturated heterocycles. The fraction of sp³-hybridized carbons (Fsp3) is 0.273. The summed E-state index contributed by atoms with van der Waals surface area (Å²) < 4.78 is 0. The lowest BCUT2D eigenvalue weighted by Gasteiger charge is -2.18. The van der Waals surface area contributed by atoms with Gasteiger partial charge in [-0.05, 0) is 18.5 Å². The van der Waals surface area contributed by atoms with E-state index >= 15 is 0 Å². The van der Waals surface area contributed by atoms with Crippen LogP contribution in [-0.2, 0) is 0 Å². The minimum Gasteiger partial charge on any atom is -0.306 e. The van der Waals surface area contributed by atoms with Crippen molar-refractivity contribution in [1.82, 2.24) is 5.32 Å². The van der Waals surface area contributed by atoms with Gasteiger partial charge in [0.05, 0.1) is 6.04 Å². The van der Waals surface area contributed by atoms with E-state index in [0.717, 1.165) is 18.5 Å². The maximum absolute atomic E-state index is 3.97. The van der Waals surface area contributed by atoms with Gasteiger partial charge in [-0.1, -0.05) is 43.5 Å². The molecule has 64 valence electrons. The number of allylic oxidation sites excluding steroid dienone is 2. The van der Waals surface area contributed by atoms with E-state index in [9.17, 15) is 0 Å². The smallest absolute Gasteiger partial charge is 0.0500 e. The van der Waals surface area contributed by atoms with Crippen LogP contribution in [0, 0.1) is 0 Å². The third-order valence-electron chi connectivity index (χ3n) is 1.85. The largest absolute Gasteiger partial charge is 0.306 e. The Labute approximate surface area is 74.2 Å². The normalized spacial score (nSPS) is 22.8. The molecule has 1 heterocycles. The van der Waals surface area contributed by atoms with Gasteiger partial charge in [0.25, 0.3) is 0 Å². The number of rotatable bonds is 3. The Morgan fingerprint density at radius 3 is 3.00 bits per heavy atom. The Bertz CT molecular complexity index is 223. The SMILES string of the molecule is C=C/C=C\C(=C)C1C=CCCN1. The zero-order valence-electron chi connectivity index (χ0n) is 7.29. The van der Waals surface area contributed by atoms with Crippen LogP contribution in [0.25, 0.3) is 0 Å². The second kappa shape index (κ2) is 4.73. The lowest BCUT2D eigenvalue weighted by Crippen LogP contribution is -2.31. The van der Waals surface area contributed by atoms with E-state index in [-0.39, 0.29) is 0 Å². The molecule has 0 aromatic carbocycles. The quantitative estimate of drug-likeness (QED) is 0.494. The summed E-state index contributed by atoms with van der Waals surface area (Å²) in [6.07, 6.45) is 11.1. The van der Waals surface area contributed by atoms with Crippen molar-refractivity contribution in [3.8, 4) is 0 Å². The number of hydrogen-bond donors (Lipinski definition) is 1. The summed E-state index contributed by atoms with van der Waals surface area (Å²) in [4.78, 5) is 0. The van der Waals surface area contributed by atoms with Gasteiger partial charge in [0.15, 0.2) is 0 Å². The van der Waals surface area contributed by atoms with Crippen LogP contribution in [0.3, 0.4) is 0 Å². The van der Waals surface area contributed by atoms with E-state index in [2.05, 4.69) is 30.6 Å². The highest BCUT2D eigenvalue weighted by molar-refractivity contribution is 5.28. The molecule has 0 radical (unpaired) electrons. The van der Waals surface area contributed by atoms with E-state index < -0.39 is 0 Å². The van der Waals surface area contributed by atoms with Crippen molar-refractivity contribution in [2.24, 2.45) is 0 Å². The van der Waals surface area contributed by atoms with Crippen molar-refractivity contribution in [2.75, 3.05) is 6.54 Å². The molecule has 1 atom stereocenters. The van der Waals surface area contributed by atoms with Crippen LogP contribution in [0.1, 0.15) is 6.42 Å². The predicted molar refractivity (Wildman–Crippen MR) is 54.0 cm³/mol. The van der Waals surface area contributed by atoms with Gasteiger partial charge in [-0.2, -0.15) is 0 Å². The minimum atomic E-state index is 0.315. The molecule has 0 saturated carbocycles. The van der Waals surface area contributed by atoms with Crippen LogP contribution in [0.4, 0.5) is 0 Å². The molecule has 1 aliphatic heterocycles. The fourth-order valence-electron chi connectivity index (χ4n) is 1.17. The third kappa shape index (κ3) is 2.51. The summed E-state index contributed by atoms with van der Waals surface area (Å²) in [5.41, 5.74) is 1.09. The molecule has 0 aromatic rings. The Balaban J connectivity index is 2.51. The zero-order valence-corrected chi connectivity index (χ0v) is 7.29. The van der Waals surface area contributed by atoms with Crippen LogP contribution >= 0.6 is 0 Å². The first kappa shape index (κ1) is 9.01. The molecule has 1 aliphatic rings. The molecule has 1 heteroatoms. The molecular formula is C11H15N. The summed E-state index contributed by atoms with van der Waals surface area (Å²) in [5, 5.41) is 3.36. The summed E-state index contributed by atoms with van der Waals surface area (Å²) in [7, 11) is 0. The summed E-state index contributed by atoms with van der Waals surface area (Å²) in [5.74, 6) is 0. The molecule has 0 amide bonds. The van der Waals surface area contributed by atoms with Crippen LogP contribution in [0.15, 0.2) is 49.1 Å². The van der Waals surface area contributed by atoms with Gasteiger partial charge >= 0.3 is 0 Å². The van der Waals surface area contributed by atoms with E-state index in [1.165, 1.54) is 0 Å². The molecular weight excluding hydrogens is 146 g/mol. The lowest BCUT2D eigenvalue weighted by atomic mass is 10.0. The van der Waals surface area contributed by atoms with E-state index in [0.29, 0.717) is 6.04 Å².